The number of aromatic nitrogens is 3. The molecular formula is C20H21ClF3N3O. The molecule has 4 nitrogen and oxygen atoms in total. The summed E-state index contributed by atoms with van der Waals surface area (Å²) in [7, 11) is 1.42. The van der Waals surface area contributed by atoms with Crippen molar-refractivity contribution in [1.29, 1.82) is 0 Å². The van der Waals surface area contributed by atoms with E-state index in [1.807, 2.05) is 19.9 Å². The molecule has 0 saturated carbocycles. The second-order valence-electron chi connectivity index (χ2n) is 6.86. The van der Waals surface area contributed by atoms with Crippen LogP contribution in [0.2, 0.25) is 5.02 Å². The normalized spacial score (nSPS) is 12.3. The Kier molecular flexibility index (Phi) is 5.32. The lowest BCUT2D eigenvalue weighted by molar-refractivity contribution is -0.137. The van der Waals surface area contributed by atoms with Crippen molar-refractivity contribution in [3.8, 4) is 11.4 Å². The maximum absolute atomic E-state index is 13.6. The van der Waals surface area contributed by atoms with Gasteiger partial charge in [0.05, 0.1) is 16.1 Å². The van der Waals surface area contributed by atoms with Gasteiger partial charge in [-0.25, -0.2) is 4.52 Å². The molecule has 0 saturated heterocycles. The molecule has 3 aromatic rings. The van der Waals surface area contributed by atoms with Gasteiger partial charge in [-0.2, -0.15) is 13.2 Å². The van der Waals surface area contributed by atoms with E-state index in [0.29, 0.717) is 11.2 Å². The average molecular weight is 412 g/mol. The predicted octanol–water partition coefficient (Wildman–Crippen LogP) is 5.58. The standard InChI is InChI=1S/C20H21ClF3N3O/c1-5-12(6-2)13-10-11(3)27-17(13)19(28)26(4)18(25-27)16-14(20(22,23)24)8-7-9-15(16)21/h7-10,12H,5-6H2,1-4H3. The molecule has 0 N–H and O–H groups in total. The number of aryl methyl sites for hydroxylation is 1. The third kappa shape index (κ3) is 3.21. The highest BCUT2D eigenvalue weighted by molar-refractivity contribution is 6.33. The fraction of sp³-hybridized carbons (Fsp3) is 0.400. The molecule has 0 unspecified atom stereocenters. The first-order valence-electron chi connectivity index (χ1n) is 9.07. The SMILES string of the molecule is CCC(CC)c1cc(C)n2nc(-c3c(Cl)cccc3C(F)(F)F)n(C)c(=O)c12. The van der Waals surface area contributed by atoms with E-state index in [9.17, 15) is 18.0 Å². The van der Waals surface area contributed by atoms with Gasteiger partial charge in [0.25, 0.3) is 5.56 Å². The van der Waals surface area contributed by atoms with Crippen LogP contribution < -0.4 is 5.56 Å². The zero-order chi connectivity index (χ0) is 20.8. The van der Waals surface area contributed by atoms with Gasteiger partial charge in [-0.15, -0.1) is 5.10 Å². The van der Waals surface area contributed by atoms with Gasteiger partial charge < -0.3 is 0 Å². The van der Waals surface area contributed by atoms with Crippen molar-refractivity contribution in [3.63, 3.8) is 0 Å². The summed E-state index contributed by atoms with van der Waals surface area (Å²) in [6.07, 6.45) is -2.92. The molecule has 0 amide bonds. The summed E-state index contributed by atoms with van der Waals surface area (Å²) in [5, 5.41) is 4.30. The minimum atomic E-state index is -4.63. The zero-order valence-electron chi connectivity index (χ0n) is 16.1. The molecule has 0 bridgehead atoms. The van der Waals surface area contributed by atoms with Crippen molar-refractivity contribution in [1.82, 2.24) is 14.2 Å². The monoisotopic (exact) mass is 411 g/mol. The van der Waals surface area contributed by atoms with E-state index in [4.69, 9.17) is 11.6 Å². The summed E-state index contributed by atoms with van der Waals surface area (Å²) in [6.45, 7) is 5.86. The van der Waals surface area contributed by atoms with Crippen LogP contribution in [0.5, 0.6) is 0 Å². The van der Waals surface area contributed by atoms with Crippen molar-refractivity contribution >= 4 is 17.1 Å². The van der Waals surface area contributed by atoms with Crippen molar-refractivity contribution in [2.24, 2.45) is 7.05 Å². The van der Waals surface area contributed by atoms with Gasteiger partial charge in [-0.1, -0.05) is 31.5 Å². The van der Waals surface area contributed by atoms with Crippen LogP contribution in [0.3, 0.4) is 0 Å². The molecule has 0 radical (unpaired) electrons. The number of nitrogens with zero attached hydrogens (tertiary/aromatic N) is 3. The topological polar surface area (TPSA) is 39.3 Å². The van der Waals surface area contributed by atoms with Gasteiger partial charge in [0.15, 0.2) is 5.82 Å². The smallest absolute Gasteiger partial charge is 0.292 e. The molecule has 0 atom stereocenters. The molecule has 0 aliphatic rings. The maximum atomic E-state index is 13.6. The summed E-state index contributed by atoms with van der Waals surface area (Å²) in [5.74, 6) is 0.0559. The minimum absolute atomic E-state index is 0.110. The lowest BCUT2D eigenvalue weighted by atomic mass is 9.95. The van der Waals surface area contributed by atoms with Gasteiger partial charge in [0, 0.05) is 12.7 Å². The summed E-state index contributed by atoms with van der Waals surface area (Å²) >= 11 is 6.12. The molecule has 0 aliphatic carbocycles. The average Bonchev–Trinajstić information content (AvgIpc) is 2.95. The third-order valence-corrected chi connectivity index (χ3v) is 5.49. The van der Waals surface area contributed by atoms with Crippen LogP contribution in [0.25, 0.3) is 16.9 Å². The van der Waals surface area contributed by atoms with Gasteiger partial charge in [0.1, 0.15) is 5.52 Å². The van der Waals surface area contributed by atoms with Crippen molar-refractivity contribution < 1.29 is 13.2 Å². The van der Waals surface area contributed by atoms with E-state index in [1.54, 1.807) is 6.92 Å². The quantitative estimate of drug-likeness (QED) is 0.561. The lowest BCUT2D eigenvalue weighted by Crippen LogP contribution is -2.25. The Hall–Kier alpha value is -2.28. The highest BCUT2D eigenvalue weighted by atomic mass is 35.5. The van der Waals surface area contributed by atoms with E-state index in [1.165, 1.54) is 23.7 Å². The fourth-order valence-electron chi connectivity index (χ4n) is 3.66. The number of fused-ring (bicyclic) bond motifs is 1. The van der Waals surface area contributed by atoms with Crippen molar-refractivity contribution in [3.05, 3.63) is 56.5 Å². The molecule has 2 aromatic heterocycles. The van der Waals surface area contributed by atoms with Crippen LogP contribution in [-0.4, -0.2) is 14.2 Å². The number of halogens is 4. The summed E-state index contributed by atoms with van der Waals surface area (Å²) in [4.78, 5) is 13.1. The third-order valence-electron chi connectivity index (χ3n) is 5.17. The minimum Gasteiger partial charge on any atom is -0.292 e. The van der Waals surface area contributed by atoms with Crippen LogP contribution >= 0.6 is 11.6 Å². The molecule has 28 heavy (non-hydrogen) atoms. The van der Waals surface area contributed by atoms with Crippen LogP contribution in [0.4, 0.5) is 13.2 Å². The van der Waals surface area contributed by atoms with E-state index in [-0.39, 0.29) is 22.3 Å². The highest BCUT2D eigenvalue weighted by Crippen LogP contribution is 2.40. The Morgan fingerprint density at radius 1 is 1.21 bits per heavy atom. The Labute approximate surface area is 165 Å². The van der Waals surface area contributed by atoms with Crippen LogP contribution in [-0.2, 0) is 13.2 Å². The first-order chi connectivity index (χ1) is 13.1. The van der Waals surface area contributed by atoms with Crippen LogP contribution in [0.15, 0.2) is 29.1 Å². The summed E-state index contributed by atoms with van der Waals surface area (Å²) in [6, 6.07) is 5.43. The number of hydrogen-bond donors (Lipinski definition) is 0. The van der Waals surface area contributed by atoms with E-state index in [2.05, 4.69) is 5.10 Å². The van der Waals surface area contributed by atoms with Gasteiger partial charge in [-0.3, -0.25) is 9.36 Å². The molecular weight excluding hydrogens is 391 g/mol. The molecule has 0 spiro atoms. The van der Waals surface area contributed by atoms with Crippen molar-refractivity contribution in [2.45, 2.75) is 45.7 Å². The fourth-order valence-corrected chi connectivity index (χ4v) is 3.92. The first-order valence-corrected chi connectivity index (χ1v) is 9.44. The number of hydrogen-bond acceptors (Lipinski definition) is 2. The largest absolute Gasteiger partial charge is 0.417 e. The molecule has 150 valence electrons. The Balaban J connectivity index is 2.41. The van der Waals surface area contributed by atoms with Crippen molar-refractivity contribution in [2.75, 3.05) is 0 Å². The first kappa shape index (κ1) is 20.5. The molecule has 2 heterocycles. The second-order valence-corrected chi connectivity index (χ2v) is 7.27. The van der Waals surface area contributed by atoms with E-state index >= 15 is 0 Å². The van der Waals surface area contributed by atoms with Gasteiger partial charge in [-0.05, 0) is 49.4 Å². The van der Waals surface area contributed by atoms with Crippen LogP contribution in [0, 0.1) is 6.92 Å². The van der Waals surface area contributed by atoms with E-state index < -0.39 is 17.3 Å². The Morgan fingerprint density at radius 2 is 1.86 bits per heavy atom. The number of alkyl halides is 3. The summed E-state index contributed by atoms with van der Waals surface area (Å²) < 4.78 is 43.3. The van der Waals surface area contributed by atoms with Gasteiger partial charge in [0.2, 0.25) is 0 Å². The summed E-state index contributed by atoms with van der Waals surface area (Å²) in [5.41, 5.74) is 0.349. The maximum Gasteiger partial charge on any atom is 0.417 e. The molecule has 1 aromatic carbocycles. The Morgan fingerprint density at radius 3 is 2.43 bits per heavy atom. The molecule has 0 aliphatic heterocycles. The molecule has 0 fully saturated rings. The van der Waals surface area contributed by atoms with E-state index in [0.717, 1.165) is 29.0 Å². The van der Waals surface area contributed by atoms with Gasteiger partial charge >= 0.3 is 6.18 Å². The highest BCUT2D eigenvalue weighted by Gasteiger charge is 2.36. The lowest BCUT2D eigenvalue weighted by Gasteiger charge is -2.17. The Bertz CT molecular complexity index is 1090. The second kappa shape index (κ2) is 7.28. The predicted molar refractivity (Wildman–Crippen MR) is 104 cm³/mol. The molecule has 3 rings (SSSR count). The number of rotatable bonds is 4. The molecule has 8 heteroatoms. The van der Waals surface area contributed by atoms with Crippen LogP contribution in [0.1, 0.15) is 49.4 Å². The zero-order valence-corrected chi connectivity index (χ0v) is 16.8. The number of benzene rings is 1.